The Morgan fingerprint density at radius 3 is 2.73 bits per heavy atom. The number of aryl methyl sites for hydroxylation is 1. The Balaban J connectivity index is 2.88. The maximum atomic E-state index is 11.4. The molecule has 78 valence electrons. The Morgan fingerprint density at radius 1 is 1.33 bits per heavy atom. The van der Waals surface area contributed by atoms with Gasteiger partial charge in [0.15, 0.2) is 0 Å². The molecule has 0 aliphatic heterocycles. The average Bonchev–Trinajstić information content (AvgIpc) is 2.23. The molecule has 2 aromatic rings. The van der Waals surface area contributed by atoms with Crippen LogP contribution in [0.4, 0.5) is 0 Å². The van der Waals surface area contributed by atoms with Gasteiger partial charge >= 0.3 is 0 Å². The fraction of sp³-hybridized carbons (Fsp3) is 0.182. The Labute approximate surface area is 95.4 Å². The predicted octanol–water partition coefficient (Wildman–Crippen LogP) is 2.31. The third-order valence-electron chi connectivity index (χ3n) is 2.40. The van der Waals surface area contributed by atoms with E-state index in [0.29, 0.717) is 0 Å². The molecule has 3 nitrogen and oxygen atoms in total. The summed E-state index contributed by atoms with van der Waals surface area (Å²) in [5, 5.41) is 1.00. The number of nitrogens with zero attached hydrogens (tertiary/aromatic N) is 1. The van der Waals surface area contributed by atoms with Crippen molar-refractivity contribution >= 4 is 26.8 Å². The van der Waals surface area contributed by atoms with Gasteiger partial charge in [-0.05, 0) is 33.4 Å². The van der Waals surface area contributed by atoms with Crippen molar-refractivity contribution in [1.29, 1.82) is 0 Å². The Morgan fingerprint density at radius 2 is 2.07 bits per heavy atom. The van der Waals surface area contributed by atoms with Crippen LogP contribution in [0.25, 0.3) is 10.9 Å². The molecule has 0 amide bonds. The van der Waals surface area contributed by atoms with Crippen molar-refractivity contribution in [2.24, 2.45) is 7.05 Å². The van der Waals surface area contributed by atoms with Crippen molar-refractivity contribution in [3.05, 3.63) is 39.1 Å². The first kappa shape index (κ1) is 10.2. The molecular formula is C11H10BrNO2. The molecule has 0 saturated carbocycles. The highest BCUT2D eigenvalue weighted by Gasteiger charge is 2.05. The maximum Gasteiger partial charge on any atom is 0.250 e. The summed E-state index contributed by atoms with van der Waals surface area (Å²) in [7, 11) is 3.35. The zero-order chi connectivity index (χ0) is 11.0. The molecule has 0 bridgehead atoms. The molecule has 1 aromatic heterocycles. The van der Waals surface area contributed by atoms with Crippen LogP contribution in [0.2, 0.25) is 0 Å². The molecule has 0 aliphatic rings. The van der Waals surface area contributed by atoms with E-state index in [1.165, 1.54) is 0 Å². The van der Waals surface area contributed by atoms with Crippen molar-refractivity contribution < 1.29 is 4.74 Å². The largest absolute Gasteiger partial charge is 0.495 e. The third-order valence-corrected chi connectivity index (χ3v) is 3.02. The number of hydrogen-bond donors (Lipinski definition) is 0. The lowest BCUT2D eigenvalue weighted by Crippen LogP contribution is -2.14. The highest BCUT2D eigenvalue weighted by atomic mass is 79.9. The first-order chi connectivity index (χ1) is 7.13. The SMILES string of the molecule is COc1cc2c(ccc(=O)n2C)cc1Br. The van der Waals surface area contributed by atoms with E-state index in [4.69, 9.17) is 4.74 Å². The van der Waals surface area contributed by atoms with Crippen LogP contribution in [0.5, 0.6) is 5.75 Å². The molecule has 4 heteroatoms. The summed E-state index contributed by atoms with van der Waals surface area (Å²) in [6.45, 7) is 0. The molecule has 0 spiro atoms. The number of hydrogen-bond acceptors (Lipinski definition) is 2. The van der Waals surface area contributed by atoms with Gasteiger partial charge in [-0.25, -0.2) is 0 Å². The van der Waals surface area contributed by atoms with Crippen molar-refractivity contribution in [1.82, 2.24) is 4.57 Å². The van der Waals surface area contributed by atoms with Crippen LogP contribution in [-0.2, 0) is 7.05 Å². The molecule has 0 unspecified atom stereocenters. The number of ether oxygens (including phenoxy) is 1. The highest BCUT2D eigenvalue weighted by molar-refractivity contribution is 9.10. The van der Waals surface area contributed by atoms with Gasteiger partial charge in [0, 0.05) is 19.2 Å². The number of pyridine rings is 1. The quantitative estimate of drug-likeness (QED) is 0.794. The minimum Gasteiger partial charge on any atom is -0.495 e. The van der Waals surface area contributed by atoms with Crippen LogP contribution in [0.1, 0.15) is 0 Å². The van der Waals surface area contributed by atoms with E-state index in [1.54, 1.807) is 24.8 Å². The number of benzene rings is 1. The smallest absolute Gasteiger partial charge is 0.250 e. The zero-order valence-corrected chi connectivity index (χ0v) is 10.0. The van der Waals surface area contributed by atoms with E-state index < -0.39 is 0 Å². The molecule has 15 heavy (non-hydrogen) atoms. The van der Waals surface area contributed by atoms with E-state index >= 15 is 0 Å². The molecule has 0 aliphatic carbocycles. The van der Waals surface area contributed by atoms with Crippen molar-refractivity contribution in [2.45, 2.75) is 0 Å². The Bertz CT molecular complexity index is 575. The number of fused-ring (bicyclic) bond motifs is 1. The lowest BCUT2D eigenvalue weighted by atomic mass is 10.2. The number of rotatable bonds is 1. The molecule has 0 saturated heterocycles. The summed E-state index contributed by atoms with van der Waals surface area (Å²) < 4.78 is 7.67. The van der Waals surface area contributed by atoms with Crippen molar-refractivity contribution in [3.63, 3.8) is 0 Å². The van der Waals surface area contributed by atoms with Gasteiger partial charge in [0.1, 0.15) is 5.75 Å². The van der Waals surface area contributed by atoms with Crippen LogP contribution >= 0.6 is 15.9 Å². The minimum absolute atomic E-state index is 0.0214. The molecule has 0 atom stereocenters. The van der Waals surface area contributed by atoms with Gasteiger partial charge in [-0.2, -0.15) is 0 Å². The van der Waals surface area contributed by atoms with Crippen LogP contribution in [0.3, 0.4) is 0 Å². The second-order valence-corrected chi connectivity index (χ2v) is 4.13. The van der Waals surface area contributed by atoms with Crippen molar-refractivity contribution in [3.8, 4) is 5.75 Å². The fourth-order valence-corrected chi connectivity index (χ4v) is 2.05. The maximum absolute atomic E-state index is 11.4. The van der Waals surface area contributed by atoms with Gasteiger partial charge < -0.3 is 9.30 Å². The highest BCUT2D eigenvalue weighted by Crippen LogP contribution is 2.29. The second-order valence-electron chi connectivity index (χ2n) is 3.28. The van der Waals surface area contributed by atoms with E-state index in [1.807, 2.05) is 18.2 Å². The average molecular weight is 268 g/mol. The van der Waals surface area contributed by atoms with Gasteiger partial charge in [-0.15, -0.1) is 0 Å². The molecule has 2 rings (SSSR count). The minimum atomic E-state index is -0.0214. The molecule has 1 aromatic carbocycles. The third kappa shape index (κ3) is 1.65. The predicted molar refractivity (Wildman–Crippen MR) is 63.4 cm³/mol. The van der Waals surface area contributed by atoms with Crippen LogP contribution < -0.4 is 10.3 Å². The summed E-state index contributed by atoms with van der Waals surface area (Å²) in [6, 6.07) is 7.15. The summed E-state index contributed by atoms with van der Waals surface area (Å²) >= 11 is 3.41. The lowest BCUT2D eigenvalue weighted by molar-refractivity contribution is 0.412. The van der Waals surface area contributed by atoms with Gasteiger partial charge in [0.2, 0.25) is 0 Å². The first-order valence-corrected chi connectivity index (χ1v) is 5.26. The fourth-order valence-electron chi connectivity index (χ4n) is 1.53. The molecular weight excluding hydrogens is 258 g/mol. The van der Waals surface area contributed by atoms with Gasteiger partial charge in [0.25, 0.3) is 5.56 Å². The van der Waals surface area contributed by atoms with Crippen molar-refractivity contribution in [2.75, 3.05) is 7.11 Å². The van der Waals surface area contributed by atoms with Gasteiger partial charge in [0.05, 0.1) is 17.1 Å². The second kappa shape index (κ2) is 3.70. The van der Waals surface area contributed by atoms with E-state index in [-0.39, 0.29) is 5.56 Å². The summed E-state index contributed by atoms with van der Waals surface area (Å²) in [6.07, 6.45) is 0. The number of methoxy groups -OCH3 is 1. The Kier molecular flexibility index (Phi) is 2.52. The van der Waals surface area contributed by atoms with Crippen LogP contribution in [0, 0.1) is 0 Å². The normalized spacial score (nSPS) is 10.6. The molecule has 0 fully saturated rings. The first-order valence-electron chi connectivity index (χ1n) is 4.47. The summed E-state index contributed by atoms with van der Waals surface area (Å²) in [5.74, 6) is 0.726. The lowest BCUT2D eigenvalue weighted by Gasteiger charge is -2.08. The summed E-state index contributed by atoms with van der Waals surface area (Å²) in [5.41, 5.74) is 0.842. The molecule has 0 radical (unpaired) electrons. The van der Waals surface area contributed by atoms with E-state index in [9.17, 15) is 4.79 Å². The van der Waals surface area contributed by atoms with E-state index in [2.05, 4.69) is 15.9 Å². The zero-order valence-electron chi connectivity index (χ0n) is 8.45. The van der Waals surface area contributed by atoms with Gasteiger partial charge in [-0.1, -0.05) is 0 Å². The number of aromatic nitrogens is 1. The summed E-state index contributed by atoms with van der Waals surface area (Å²) in [4.78, 5) is 11.4. The standard InChI is InChI=1S/C11H10BrNO2/c1-13-9-6-10(15-2)8(12)5-7(9)3-4-11(13)14/h3-6H,1-2H3. The topological polar surface area (TPSA) is 31.2 Å². The van der Waals surface area contributed by atoms with Crippen LogP contribution in [0.15, 0.2) is 33.5 Å². The Hall–Kier alpha value is -1.29. The molecule has 0 N–H and O–H groups in total. The molecule has 1 heterocycles. The van der Waals surface area contributed by atoms with Gasteiger partial charge in [-0.3, -0.25) is 4.79 Å². The monoisotopic (exact) mass is 267 g/mol. The number of halogens is 1. The van der Waals surface area contributed by atoms with E-state index in [0.717, 1.165) is 21.1 Å². The van der Waals surface area contributed by atoms with Crippen LogP contribution in [-0.4, -0.2) is 11.7 Å².